The minimum atomic E-state index is -0.995. The van der Waals surface area contributed by atoms with Gasteiger partial charge in [-0.15, -0.1) is 0 Å². The van der Waals surface area contributed by atoms with E-state index in [1.807, 2.05) is 0 Å². The molecule has 5 nitrogen and oxygen atoms in total. The Hall–Kier alpha value is -1.26. The fourth-order valence-corrected chi connectivity index (χ4v) is 0. The van der Waals surface area contributed by atoms with Gasteiger partial charge in [0.2, 0.25) is 0 Å². The molecule has 5 N–H and O–H groups in total. The van der Waals surface area contributed by atoms with Gasteiger partial charge in [-0.25, -0.2) is 0 Å². The first-order valence-corrected chi connectivity index (χ1v) is 2.30. The zero-order valence-electron chi connectivity index (χ0n) is 5.18. The van der Waals surface area contributed by atoms with Crippen LogP contribution in [-0.2, 0) is 4.79 Å². The topological polar surface area (TPSA) is 116 Å². The van der Waals surface area contributed by atoms with Crippen LogP contribution in [0.15, 0.2) is 0 Å². The number of carbonyl (C=O) groups is 1. The molecule has 0 unspecified atom stereocenters. The van der Waals surface area contributed by atoms with Gasteiger partial charge >= 0.3 is 0 Å². The molecule has 0 atom stereocenters. The van der Waals surface area contributed by atoms with Crippen LogP contribution in [0.25, 0.3) is 0 Å². The highest BCUT2D eigenvalue weighted by atomic mass is 16.4. The highest BCUT2D eigenvalue weighted by Crippen LogP contribution is 1.61. The Labute approximate surface area is 53.2 Å². The van der Waals surface area contributed by atoms with E-state index in [2.05, 4.69) is 11.5 Å². The molecule has 0 saturated heterocycles. The maximum absolute atomic E-state index is 9.26. The second-order valence-corrected chi connectivity index (χ2v) is 1.18. The predicted octanol–water partition coefficient (Wildman–Crippen LogP) is -2.02. The van der Waals surface area contributed by atoms with Crippen LogP contribution in [0.5, 0.6) is 0 Å². The molecule has 0 rings (SSSR count). The lowest BCUT2D eigenvalue weighted by Gasteiger charge is -1.87. The quantitative estimate of drug-likeness (QED) is 0.282. The summed E-state index contributed by atoms with van der Waals surface area (Å²) in [5, 5.41) is 15.3. The molecule has 0 aliphatic heterocycles. The number of carbonyl (C=O) groups excluding carboxylic acids is 1. The number of carboxylic acids is 1. The molecule has 0 saturated carbocycles. The second kappa shape index (κ2) is 6.74. The van der Waals surface area contributed by atoms with Crippen LogP contribution in [0, 0.1) is 5.41 Å². The molecule has 0 aliphatic carbocycles. The number of guanidine groups is 1. The van der Waals surface area contributed by atoms with Gasteiger partial charge in [0.15, 0.2) is 5.96 Å². The van der Waals surface area contributed by atoms with Crippen molar-refractivity contribution >= 4 is 11.9 Å². The summed E-state index contributed by atoms with van der Waals surface area (Å²) in [7, 11) is 0. The minimum absolute atomic E-state index is 0.111. The van der Waals surface area contributed by atoms with Gasteiger partial charge in [0, 0.05) is 5.97 Å². The van der Waals surface area contributed by atoms with Gasteiger partial charge in [-0.1, -0.05) is 6.92 Å². The highest BCUT2D eigenvalue weighted by Gasteiger charge is 1.65. The Balaban J connectivity index is 0. The summed E-state index contributed by atoms with van der Waals surface area (Å²) < 4.78 is 0. The van der Waals surface area contributed by atoms with E-state index in [-0.39, 0.29) is 12.4 Å². The van der Waals surface area contributed by atoms with Crippen LogP contribution in [0.4, 0.5) is 0 Å². The van der Waals surface area contributed by atoms with E-state index in [1.165, 1.54) is 6.92 Å². The number of nitrogens with one attached hydrogen (secondary N) is 1. The van der Waals surface area contributed by atoms with Crippen LogP contribution in [0.1, 0.15) is 13.3 Å². The molecule has 0 aromatic carbocycles. The van der Waals surface area contributed by atoms with Crippen molar-refractivity contribution in [2.24, 2.45) is 11.5 Å². The number of hydrogen-bond donors (Lipinski definition) is 3. The van der Waals surface area contributed by atoms with Crippen LogP contribution in [-0.4, -0.2) is 11.9 Å². The molecule has 5 heteroatoms. The highest BCUT2D eigenvalue weighted by molar-refractivity contribution is 5.71. The van der Waals surface area contributed by atoms with Crippen LogP contribution in [0.3, 0.4) is 0 Å². The molecule has 0 aromatic heterocycles. The maximum atomic E-state index is 9.26. The van der Waals surface area contributed by atoms with Gasteiger partial charge in [-0.05, 0) is 6.42 Å². The van der Waals surface area contributed by atoms with Gasteiger partial charge in [0.05, 0.1) is 0 Å². The van der Waals surface area contributed by atoms with Crippen LogP contribution < -0.4 is 16.6 Å². The molecular formula is C4H10N3O2-. The monoisotopic (exact) mass is 132 g/mol. The third-order valence-electron chi connectivity index (χ3n) is 0.289. The summed E-state index contributed by atoms with van der Waals surface area (Å²) in [5.41, 5.74) is 8.94. The van der Waals surface area contributed by atoms with Gasteiger partial charge in [0.1, 0.15) is 0 Å². The van der Waals surface area contributed by atoms with Crippen molar-refractivity contribution < 1.29 is 9.90 Å². The molecule has 0 heterocycles. The number of rotatable bonds is 1. The van der Waals surface area contributed by atoms with E-state index in [4.69, 9.17) is 5.41 Å². The summed E-state index contributed by atoms with van der Waals surface area (Å²) in [4.78, 5) is 9.26. The summed E-state index contributed by atoms with van der Waals surface area (Å²) in [6.07, 6.45) is 0.111. The van der Waals surface area contributed by atoms with Crippen LogP contribution in [0.2, 0.25) is 0 Å². The molecule has 0 spiro atoms. The normalized spacial score (nSPS) is 6.78. The third kappa shape index (κ3) is 277. The zero-order chi connectivity index (χ0) is 7.86. The van der Waals surface area contributed by atoms with Crippen LogP contribution >= 0.6 is 0 Å². The van der Waals surface area contributed by atoms with E-state index in [9.17, 15) is 9.90 Å². The lowest BCUT2D eigenvalue weighted by molar-refractivity contribution is -0.305. The Bertz CT molecular complexity index is 98.0. The largest absolute Gasteiger partial charge is 0.550 e. The molecule has 9 heavy (non-hydrogen) atoms. The van der Waals surface area contributed by atoms with Gasteiger partial charge in [-0.2, -0.15) is 0 Å². The first kappa shape index (κ1) is 10.7. The Morgan fingerprint density at radius 2 is 1.78 bits per heavy atom. The summed E-state index contributed by atoms with van der Waals surface area (Å²) in [6, 6.07) is 0. The lowest BCUT2D eigenvalue weighted by atomic mass is 10.5. The SMILES string of the molecule is CCC(=O)[O-].N=C(N)N. The van der Waals surface area contributed by atoms with E-state index >= 15 is 0 Å². The van der Waals surface area contributed by atoms with E-state index < -0.39 is 5.97 Å². The standard InChI is InChI=1S/C3H6O2.CH5N3/c1-2-3(4)5;2-1(3)4/h2H2,1H3,(H,4,5);(H5,2,3,4)/p-1. The number of aliphatic carboxylic acids is 1. The molecule has 54 valence electrons. The summed E-state index contributed by atoms with van der Waals surface area (Å²) >= 11 is 0. The Morgan fingerprint density at radius 3 is 1.78 bits per heavy atom. The molecule has 0 aromatic rings. The molecule has 0 fully saturated rings. The number of nitrogens with two attached hydrogens (primary N) is 2. The third-order valence-corrected chi connectivity index (χ3v) is 0.289. The number of hydrogen-bond acceptors (Lipinski definition) is 3. The van der Waals surface area contributed by atoms with Crippen molar-refractivity contribution in [1.82, 2.24) is 0 Å². The van der Waals surface area contributed by atoms with Crippen molar-refractivity contribution in [1.29, 1.82) is 5.41 Å². The van der Waals surface area contributed by atoms with Crippen molar-refractivity contribution in [3.63, 3.8) is 0 Å². The number of carboxylic acid groups (broad SMARTS) is 1. The summed E-state index contributed by atoms with van der Waals surface area (Å²) in [5.74, 6) is -1.33. The predicted molar refractivity (Wildman–Crippen MR) is 31.4 cm³/mol. The van der Waals surface area contributed by atoms with Crippen molar-refractivity contribution in [2.75, 3.05) is 0 Å². The van der Waals surface area contributed by atoms with Crippen molar-refractivity contribution in [3.8, 4) is 0 Å². The first-order chi connectivity index (χ1) is 4.00. The molecule has 0 bridgehead atoms. The average molecular weight is 132 g/mol. The second-order valence-electron chi connectivity index (χ2n) is 1.18. The van der Waals surface area contributed by atoms with Crippen molar-refractivity contribution in [3.05, 3.63) is 0 Å². The van der Waals surface area contributed by atoms with Gasteiger partial charge < -0.3 is 21.4 Å². The first-order valence-electron chi connectivity index (χ1n) is 2.30. The Kier molecular flexibility index (Phi) is 7.99. The van der Waals surface area contributed by atoms with Gasteiger partial charge in [-0.3, -0.25) is 5.41 Å². The molecular weight excluding hydrogens is 122 g/mol. The van der Waals surface area contributed by atoms with E-state index in [1.54, 1.807) is 0 Å². The van der Waals surface area contributed by atoms with E-state index in [0.29, 0.717) is 0 Å². The summed E-state index contributed by atoms with van der Waals surface area (Å²) in [6.45, 7) is 1.54. The van der Waals surface area contributed by atoms with Crippen molar-refractivity contribution in [2.45, 2.75) is 13.3 Å². The average Bonchev–Trinajstić information content (AvgIpc) is 1.65. The lowest BCUT2D eigenvalue weighted by Crippen LogP contribution is -2.20. The Morgan fingerprint density at radius 1 is 1.67 bits per heavy atom. The maximum Gasteiger partial charge on any atom is 0.183 e. The zero-order valence-corrected chi connectivity index (χ0v) is 5.18. The molecule has 0 amide bonds. The van der Waals surface area contributed by atoms with E-state index in [0.717, 1.165) is 0 Å². The molecule has 0 radical (unpaired) electrons. The fourth-order valence-electron chi connectivity index (χ4n) is 0. The minimum Gasteiger partial charge on any atom is -0.550 e. The molecule has 0 aliphatic rings. The van der Waals surface area contributed by atoms with Gasteiger partial charge in [0.25, 0.3) is 0 Å². The fraction of sp³-hybridized carbons (Fsp3) is 0.500. The smallest absolute Gasteiger partial charge is 0.183 e.